The summed E-state index contributed by atoms with van der Waals surface area (Å²) in [7, 11) is -3.85. The summed E-state index contributed by atoms with van der Waals surface area (Å²) in [5, 5.41) is 22.2. The lowest BCUT2D eigenvalue weighted by Crippen LogP contribution is -2.51. The SMILES string of the molecule is O=S(=O)(C1=CC(c2ccccc2)(c2ccccc2)C(O)(O)C=C1)c1ccccc1. The fourth-order valence-corrected chi connectivity index (χ4v) is 5.13. The van der Waals surface area contributed by atoms with E-state index in [0.29, 0.717) is 11.1 Å². The van der Waals surface area contributed by atoms with Crippen LogP contribution in [0.5, 0.6) is 0 Å². The van der Waals surface area contributed by atoms with Crippen LogP contribution >= 0.6 is 0 Å². The normalized spacial score (nSPS) is 17.5. The predicted octanol–water partition coefficient (Wildman–Crippen LogP) is 3.58. The summed E-state index contributed by atoms with van der Waals surface area (Å²) in [5.74, 6) is -2.33. The Bertz CT molecular complexity index is 1120. The second-order valence-electron chi connectivity index (χ2n) is 6.96. The Kier molecular flexibility index (Phi) is 4.74. The van der Waals surface area contributed by atoms with E-state index in [9.17, 15) is 18.6 Å². The fourth-order valence-electron chi connectivity index (χ4n) is 3.76. The largest absolute Gasteiger partial charge is 0.361 e. The molecule has 0 saturated carbocycles. The molecule has 0 spiro atoms. The number of benzene rings is 3. The molecule has 29 heavy (non-hydrogen) atoms. The van der Waals surface area contributed by atoms with Gasteiger partial charge in [0.1, 0.15) is 0 Å². The van der Waals surface area contributed by atoms with Gasteiger partial charge in [-0.05, 0) is 41.5 Å². The molecule has 2 N–H and O–H groups in total. The summed E-state index contributed by atoms with van der Waals surface area (Å²) in [5.41, 5.74) is -0.357. The molecule has 0 aromatic heterocycles. The third kappa shape index (κ3) is 3.13. The van der Waals surface area contributed by atoms with Crippen LogP contribution in [0.4, 0.5) is 0 Å². The fraction of sp³-hybridized carbons (Fsp3) is 0.0833. The molecule has 0 saturated heterocycles. The second-order valence-corrected chi connectivity index (χ2v) is 8.91. The Morgan fingerprint density at radius 1 is 0.655 bits per heavy atom. The summed E-state index contributed by atoms with van der Waals surface area (Å²) in [6, 6.07) is 25.9. The minimum Gasteiger partial charge on any atom is -0.361 e. The highest BCUT2D eigenvalue weighted by molar-refractivity contribution is 7.95. The van der Waals surface area contributed by atoms with Crippen LogP contribution in [0, 0.1) is 0 Å². The molecule has 1 aliphatic carbocycles. The summed E-state index contributed by atoms with van der Waals surface area (Å²) in [6.45, 7) is 0. The summed E-state index contributed by atoms with van der Waals surface area (Å²) in [4.78, 5) is 0.157. The van der Waals surface area contributed by atoms with Crippen LogP contribution in [-0.4, -0.2) is 24.4 Å². The monoisotopic (exact) mass is 404 g/mol. The van der Waals surface area contributed by atoms with Crippen molar-refractivity contribution in [1.29, 1.82) is 0 Å². The number of allylic oxidation sites excluding steroid dienone is 1. The highest BCUT2D eigenvalue weighted by Gasteiger charge is 2.52. The minimum atomic E-state index is -3.85. The van der Waals surface area contributed by atoms with Gasteiger partial charge in [0, 0.05) is 0 Å². The van der Waals surface area contributed by atoms with E-state index in [1.165, 1.54) is 24.3 Å². The van der Waals surface area contributed by atoms with Gasteiger partial charge in [-0.3, -0.25) is 0 Å². The maximum absolute atomic E-state index is 13.3. The van der Waals surface area contributed by atoms with Crippen LogP contribution in [0.15, 0.2) is 119 Å². The van der Waals surface area contributed by atoms with Gasteiger partial charge in [-0.15, -0.1) is 0 Å². The van der Waals surface area contributed by atoms with Crippen molar-refractivity contribution in [3.05, 3.63) is 125 Å². The zero-order valence-corrected chi connectivity index (χ0v) is 16.3. The number of hydrogen-bond acceptors (Lipinski definition) is 4. The van der Waals surface area contributed by atoms with Crippen LogP contribution in [0.1, 0.15) is 11.1 Å². The molecule has 0 fully saturated rings. The number of sulfone groups is 1. The Morgan fingerprint density at radius 3 is 1.59 bits per heavy atom. The number of hydrogen-bond donors (Lipinski definition) is 2. The minimum absolute atomic E-state index is 0.00938. The molecule has 3 aromatic carbocycles. The molecule has 146 valence electrons. The van der Waals surface area contributed by atoms with E-state index in [-0.39, 0.29) is 9.80 Å². The molecule has 0 heterocycles. The summed E-state index contributed by atoms with van der Waals surface area (Å²) < 4.78 is 26.5. The van der Waals surface area contributed by atoms with Crippen LogP contribution in [0.25, 0.3) is 0 Å². The molecule has 0 aliphatic heterocycles. The van der Waals surface area contributed by atoms with Crippen molar-refractivity contribution in [2.24, 2.45) is 0 Å². The lowest BCUT2D eigenvalue weighted by atomic mass is 9.66. The van der Waals surface area contributed by atoms with Crippen LogP contribution < -0.4 is 0 Å². The molecule has 4 rings (SSSR count). The maximum Gasteiger partial charge on any atom is 0.206 e. The van der Waals surface area contributed by atoms with Crippen LogP contribution in [0.2, 0.25) is 0 Å². The highest BCUT2D eigenvalue weighted by Crippen LogP contribution is 2.47. The van der Waals surface area contributed by atoms with Crippen molar-refractivity contribution in [1.82, 2.24) is 0 Å². The first-order valence-electron chi connectivity index (χ1n) is 9.16. The van der Waals surface area contributed by atoms with Crippen molar-refractivity contribution in [3.63, 3.8) is 0 Å². The number of rotatable bonds is 4. The van der Waals surface area contributed by atoms with E-state index < -0.39 is 21.0 Å². The van der Waals surface area contributed by atoms with Gasteiger partial charge < -0.3 is 10.2 Å². The van der Waals surface area contributed by atoms with Gasteiger partial charge in [-0.2, -0.15) is 0 Å². The average Bonchev–Trinajstić information content (AvgIpc) is 2.75. The van der Waals surface area contributed by atoms with Gasteiger partial charge in [0.15, 0.2) is 0 Å². The smallest absolute Gasteiger partial charge is 0.206 e. The van der Waals surface area contributed by atoms with Crippen molar-refractivity contribution < 1.29 is 18.6 Å². The van der Waals surface area contributed by atoms with Crippen molar-refractivity contribution in [3.8, 4) is 0 Å². The molecular formula is C24H20O4S. The van der Waals surface area contributed by atoms with Crippen molar-refractivity contribution >= 4 is 9.84 Å². The molecule has 4 nitrogen and oxygen atoms in total. The van der Waals surface area contributed by atoms with E-state index in [0.717, 1.165) is 6.08 Å². The lowest BCUT2D eigenvalue weighted by Gasteiger charge is -2.43. The predicted molar refractivity (Wildman–Crippen MR) is 112 cm³/mol. The molecule has 1 aliphatic rings. The Hall–Kier alpha value is -2.99. The van der Waals surface area contributed by atoms with Crippen molar-refractivity contribution in [2.45, 2.75) is 16.1 Å². The van der Waals surface area contributed by atoms with Gasteiger partial charge in [-0.25, -0.2) is 8.42 Å². The van der Waals surface area contributed by atoms with Crippen molar-refractivity contribution in [2.75, 3.05) is 0 Å². The van der Waals surface area contributed by atoms with Gasteiger partial charge >= 0.3 is 0 Å². The van der Waals surface area contributed by atoms with Gasteiger partial charge in [-0.1, -0.05) is 78.9 Å². The van der Waals surface area contributed by atoms with Crippen LogP contribution in [0.3, 0.4) is 0 Å². The summed E-state index contributed by atoms with van der Waals surface area (Å²) in [6.07, 6.45) is 3.84. The van der Waals surface area contributed by atoms with Crippen LogP contribution in [-0.2, 0) is 15.3 Å². The van der Waals surface area contributed by atoms with E-state index in [1.807, 2.05) is 12.1 Å². The van der Waals surface area contributed by atoms with Gasteiger partial charge in [0.25, 0.3) is 0 Å². The van der Waals surface area contributed by atoms with E-state index in [1.54, 1.807) is 66.7 Å². The van der Waals surface area contributed by atoms with Gasteiger partial charge in [0.05, 0.1) is 15.2 Å². The zero-order chi connectivity index (χ0) is 20.5. The molecule has 0 amide bonds. The second kappa shape index (κ2) is 7.12. The molecular weight excluding hydrogens is 384 g/mol. The quantitative estimate of drug-likeness (QED) is 0.652. The Labute approximate surface area is 170 Å². The standard InChI is InChI=1S/C24H20O4S/c25-24(26)17-16-22(29(27,28)21-14-8-3-9-15-21)18-23(24,19-10-4-1-5-11-19)20-12-6-2-7-13-20/h1-18,25-26H. The summed E-state index contributed by atoms with van der Waals surface area (Å²) >= 11 is 0. The first-order chi connectivity index (χ1) is 13.9. The first-order valence-corrected chi connectivity index (χ1v) is 10.6. The lowest BCUT2D eigenvalue weighted by molar-refractivity contribution is -0.151. The molecule has 0 radical (unpaired) electrons. The van der Waals surface area contributed by atoms with Gasteiger partial charge in [0.2, 0.25) is 15.6 Å². The third-order valence-corrected chi connectivity index (χ3v) is 7.01. The number of aliphatic hydroxyl groups is 2. The maximum atomic E-state index is 13.3. The van der Waals surface area contributed by atoms with E-state index >= 15 is 0 Å². The zero-order valence-electron chi connectivity index (χ0n) is 15.5. The van der Waals surface area contributed by atoms with E-state index in [4.69, 9.17) is 0 Å². The third-order valence-electron chi connectivity index (χ3n) is 5.24. The molecule has 3 aromatic rings. The molecule has 0 bridgehead atoms. The molecule has 0 unspecified atom stereocenters. The Balaban J connectivity index is 2.02. The molecule has 0 atom stereocenters. The van der Waals surface area contributed by atoms with E-state index in [2.05, 4.69) is 0 Å². The Morgan fingerprint density at radius 2 is 1.10 bits per heavy atom. The highest BCUT2D eigenvalue weighted by atomic mass is 32.2. The topological polar surface area (TPSA) is 74.6 Å². The average molecular weight is 404 g/mol. The first kappa shape index (κ1) is 19.3. The molecule has 5 heteroatoms.